The molecule has 1 aromatic heterocycles. The molecule has 7 heteroatoms. The zero-order valence-corrected chi connectivity index (χ0v) is 23.5. The lowest BCUT2D eigenvalue weighted by Gasteiger charge is -2.30. The molecule has 5 atom stereocenters. The highest BCUT2D eigenvalue weighted by Gasteiger charge is 2.48. The molecule has 2 aliphatic rings. The molecule has 1 heterocycles. The molecule has 1 aromatic rings. The number of carbonyl (C=O) groups excluding carboxylic acids is 2. The van der Waals surface area contributed by atoms with Crippen LogP contribution in [0.2, 0.25) is 0 Å². The standard InChI is InChI=1S/C30H46N2O5/c1-7-22(36-10-4)18-31(29(34)24-17-23(24)21-15-13-12-14-16-21)19-26(33)27-20(6)28(30(35)37-11-5)32(9-3)25(27)8-2/h12-15,21-24,26,33H,7-11,16-19H2,1-6H3. The third kappa shape index (κ3) is 6.55. The molecule has 0 bridgehead atoms. The zero-order valence-electron chi connectivity index (χ0n) is 23.5. The molecule has 0 radical (unpaired) electrons. The van der Waals surface area contributed by atoms with E-state index in [0.29, 0.717) is 50.3 Å². The summed E-state index contributed by atoms with van der Waals surface area (Å²) in [6, 6.07) is 0. The van der Waals surface area contributed by atoms with Gasteiger partial charge in [0.1, 0.15) is 5.69 Å². The van der Waals surface area contributed by atoms with E-state index in [1.54, 1.807) is 6.92 Å². The van der Waals surface area contributed by atoms with Crippen LogP contribution in [0.15, 0.2) is 24.3 Å². The van der Waals surface area contributed by atoms with Crippen molar-refractivity contribution in [3.05, 3.63) is 46.8 Å². The van der Waals surface area contributed by atoms with E-state index in [0.717, 1.165) is 36.1 Å². The summed E-state index contributed by atoms with van der Waals surface area (Å²) in [7, 11) is 0. The Hall–Kier alpha value is -2.38. The fourth-order valence-electron chi connectivity index (χ4n) is 5.92. The normalized spacial score (nSPS) is 22.1. The molecule has 1 N–H and O–H groups in total. The minimum Gasteiger partial charge on any atom is -0.461 e. The summed E-state index contributed by atoms with van der Waals surface area (Å²) >= 11 is 0. The van der Waals surface area contributed by atoms with Crippen molar-refractivity contribution in [3.63, 3.8) is 0 Å². The Morgan fingerprint density at radius 3 is 2.46 bits per heavy atom. The number of hydrogen-bond donors (Lipinski definition) is 1. The van der Waals surface area contributed by atoms with E-state index in [4.69, 9.17) is 9.47 Å². The summed E-state index contributed by atoms with van der Waals surface area (Å²) in [5, 5.41) is 11.6. The molecule has 0 spiro atoms. The predicted molar refractivity (Wildman–Crippen MR) is 145 cm³/mol. The maximum absolute atomic E-state index is 13.8. The second kappa shape index (κ2) is 13.4. The van der Waals surface area contributed by atoms with Crippen LogP contribution in [-0.4, -0.2) is 58.9 Å². The number of rotatable bonds is 14. The molecule has 0 aliphatic heterocycles. The minimum absolute atomic E-state index is 0.0189. The van der Waals surface area contributed by atoms with Crippen LogP contribution >= 0.6 is 0 Å². The van der Waals surface area contributed by atoms with Crippen molar-refractivity contribution in [3.8, 4) is 0 Å². The first kappa shape index (κ1) is 29.2. The number of allylic oxidation sites excluding steroid dienone is 4. The number of nitrogens with zero attached hydrogens (tertiary/aromatic N) is 2. The van der Waals surface area contributed by atoms with Crippen LogP contribution in [0, 0.1) is 24.7 Å². The first-order valence-electron chi connectivity index (χ1n) is 14.1. The summed E-state index contributed by atoms with van der Waals surface area (Å²) in [5.41, 5.74) is 2.89. The lowest BCUT2D eigenvalue weighted by Crippen LogP contribution is -2.42. The third-order valence-electron chi connectivity index (χ3n) is 7.83. The second-order valence-electron chi connectivity index (χ2n) is 10.1. The highest BCUT2D eigenvalue weighted by molar-refractivity contribution is 5.90. The molecule has 37 heavy (non-hydrogen) atoms. The van der Waals surface area contributed by atoms with Gasteiger partial charge in [-0.1, -0.05) is 38.2 Å². The van der Waals surface area contributed by atoms with Gasteiger partial charge in [-0.2, -0.15) is 0 Å². The average molecular weight is 515 g/mol. The van der Waals surface area contributed by atoms with Gasteiger partial charge in [0.15, 0.2) is 0 Å². The molecule has 206 valence electrons. The quantitative estimate of drug-likeness (QED) is 0.353. The topological polar surface area (TPSA) is 81.0 Å². The van der Waals surface area contributed by atoms with Gasteiger partial charge < -0.3 is 24.0 Å². The number of hydrogen-bond acceptors (Lipinski definition) is 5. The lowest BCUT2D eigenvalue weighted by molar-refractivity contribution is -0.136. The fraction of sp³-hybridized carbons (Fsp3) is 0.667. The Bertz CT molecular complexity index is 995. The van der Waals surface area contributed by atoms with E-state index in [9.17, 15) is 14.7 Å². The van der Waals surface area contributed by atoms with Gasteiger partial charge in [0.25, 0.3) is 0 Å². The number of amides is 1. The van der Waals surface area contributed by atoms with E-state index in [1.165, 1.54) is 0 Å². The number of ether oxygens (including phenoxy) is 2. The largest absolute Gasteiger partial charge is 0.461 e. The van der Waals surface area contributed by atoms with Crippen LogP contribution < -0.4 is 0 Å². The molecular weight excluding hydrogens is 468 g/mol. The monoisotopic (exact) mass is 514 g/mol. The summed E-state index contributed by atoms with van der Waals surface area (Å²) < 4.78 is 13.2. The minimum atomic E-state index is -0.909. The Labute approximate surface area is 222 Å². The van der Waals surface area contributed by atoms with Crippen molar-refractivity contribution >= 4 is 11.9 Å². The fourth-order valence-corrected chi connectivity index (χ4v) is 5.92. The summed E-state index contributed by atoms with van der Waals surface area (Å²) in [4.78, 5) is 28.4. The van der Waals surface area contributed by atoms with Gasteiger partial charge in [-0.25, -0.2) is 4.79 Å². The second-order valence-corrected chi connectivity index (χ2v) is 10.1. The SMILES string of the molecule is CCOC(=O)c1c(C)c(C(O)CN(CC(CC)OCC)C(=O)C2CC2C2C=CC=CC2)c(CC)n1CC. The summed E-state index contributed by atoms with van der Waals surface area (Å²) in [5.74, 6) is 0.459. The van der Waals surface area contributed by atoms with Crippen molar-refractivity contribution in [2.45, 2.75) is 86.0 Å². The van der Waals surface area contributed by atoms with Crippen molar-refractivity contribution in [1.82, 2.24) is 9.47 Å². The average Bonchev–Trinajstić information content (AvgIpc) is 3.64. The van der Waals surface area contributed by atoms with Gasteiger partial charge in [0.2, 0.25) is 5.91 Å². The smallest absolute Gasteiger partial charge is 0.355 e. The highest BCUT2D eigenvalue weighted by atomic mass is 16.5. The molecular formula is C30H46N2O5. The first-order valence-corrected chi connectivity index (χ1v) is 14.1. The molecule has 1 amide bonds. The van der Waals surface area contributed by atoms with Crippen LogP contribution in [-0.2, 0) is 27.2 Å². The number of esters is 1. The van der Waals surface area contributed by atoms with Gasteiger partial charge in [0, 0.05) is 36.9 Å². The maximum atomic E-state index is 13.8. The lowest BCUT2D eigenvalue weighted by atomic mass is 9.94. The molecule has 1 saturated carbocycles. The van der Waals surface area contributed by atoms with E-state index in [1.807, 2.05) is 37.2 Å². The molecule has 0 saturated heterocycles. The van der Waals surface area contributed by atoms with Gasteiger partial charge in [-0.15, -0.1) is 0 Å². The Kier molecular flexibility index (Phi) is 10.6. The maximum Gasteiger partial charge on any atom is 0.355 e. The van der Waals surface area contributed by atoms with E-state index >= 15 is 0 Å². The van der Waals surface area contributed by atoms with Crippen LogP contribution in [0.3, 0.4) is 0 Å². The zero-order chi connectivity index (χ0) is 27.1. The van der Waals surface area contributed by atoms with E-state index in [2.05, 4.69) is 31.2 Å². The van der Waals surface area contributed by atoms with Crippen molar-refractivity contribution in [2.24, 2.45) is 17.8 Å². The third-order valence-corrected chi connectivity index (χ3v) is 7.83. The molecule has 2 aliphatic carbocycles. The number of carbonyl (C=O) groups is 2. The highest BCUT2D eigenvalue weighted by Crippen LogP contribution is 2.48. The first-order chi connectivity index (χ1) is 17.8. The van der Waals surface area contributed by atoms with Crippen molar-refractivity contribution in [2.75, 3.05) is 26.3 Å². The van der Waals surface area contributed by atoms with Crippen molar-refractivity contribution < 1.29 is 24.2 Å². The van der Waals surface area contributed by atoms with Crippen LogP contribution in [0.4, 0.5) is 0 Å². The van der Waals surface area contributed by atoms with Crippen molar-refractivity contribution in [1.29, 1.82) is 0 Å². The number of aromatic nitrogens is 1. The Morgan fingerprint density at radius 1 is 1.14 bits per heavy atom. The number of aliphatic hydroxyl groups excluding tert-OH is 1. The summed E-state index contributed by atoms with van der Waals surface area (Å²) in [6.45, 7) is 13.8. The molecule has 0 aromatic carbocycles. The van der Waals surface area contributed by atoms with Gasteiger partial charge in [-0.05, 0) is 70.8 Å². The van der Waals surface area contributed by atoms with Crippen LogP contribution in [0.5, 0.6) is 0 Å². The Balaban J connectivity index is 1.88. The Morgan fingerprint density at radius 2 is 1.89 bits per heavy atom. The predicted octanol–water partition coefficient (Wildman–Crippen LogP) is 5.00. The molecule has 3 rings (SSSR count). The molecule has 7 nitrogen and oxygen atoms in total. The van der Waals surface area contributed by atoms with Crippen LogP contribution in [0.1, 0.15) is 87.3 Å². The number of aliphatic hydroxyl groups is 1. The van der Waals surface area contributed by atoms with Gasteiger partial charge in [-0.3, -0.25) is 4.79 Å². The van der Waals surface area contributed by atoms with E-state index < -0.39 is 6.10 Å². The van der Waals surface area contributed by atoms with Gasteiger partial charge >= 0.3 is 5.97 Å². The van der Waals surface area contributed by atoms with E-state index in [-0.39, 0.29) is 30.4 Å². The summed E-state index contributed by atoms with van der Waals surface area (Å²) in [6.07, 6.45) is 10.8. The van der Waals surface area contributed by atoms with Crippen LogP contribution in [0.25, 0.3) is 0 Å². The molecule has 1 fully saturated rings. The van der Waals surface area contributed by atoms with Gasteiger partial charge in [0.05, 0.1) is 25.4 Å². The molecule has 5 unspecified atom stereocenters.